The maximum atomic E-state index is 8.59. The second-order valence-corrected chi connectivity index (χ2v) is 2.66. The van der Waals surface area contributed by atoms with Crippen LogP contribution in [-0.2, 0) is 6.42 Å². The van der Waals surface area contributed by atoms with E-state index in [1.54, 1.807) is 0 Å². The number of fused-ring (bicyclic) bond motifs is 1. The predicted molar refractivity (Wildman–Crippen MR) is 50.6 cm³/mol. The minimum absolute atomic E-state index is 0. The van der Waals surface area contributed by atoms with Crippen molar-refractivity contribution in [1.82, 2.24) is 0 Å². The zero-order valence-electron chi connectivity index (χ0n) is 6.50. The molecule has 1 aliphatic rings. The number of hydrogen-bond acceptors (Lipinski definition) is 2. The molecule has 1 N–H and O–H groups in total. The van der Waals surface area contributed by atoms with Gasteiger partial charge >= 0.3 is 0 Å². The maximum Gasteiger partial charge on any atom is 0.0992 e. The second kappa shape index (κ2) is 3.46. The normalized spacial score (nSPS) is 12.2. The minimum Gasteiger partial charge on any atom is -0.384 e. The lowest BCUT2D eigenvalue weighted by atomic mass is 10.1. The van der Waals surface area contributed by atoms with Crippen LogP contribution in [0.3, 0.4) is 0 Å². The number of nitrogens with zero attached hydrogens (tertiary/aromatic N) is 1. The van der Waals surface area contributed by atoms with Gasteiger partial charge in [-0.15, -0.1) is 12.4 Å². The van der Waals surface area contributed by atoms with Crippen molar-refractivity contribution < 1.29 is 0 Å². The first-order valence-electron chi connectivity index (χ1n) is 3.67. The summed E-state index contributed by atoms with van der Waals surface area (Å²) in [6, 6.07) is 7.91. The van der Waals surface area contributed by atoms with E-state index in [1.807, 2.05) is 18.2 Å². The Bertz CT molecular complexity index is 328. The van der Waals surface area contributed by atoms with Gasteiger partial charge in [0.15, 0.2) is 0 Å². The lowest BCUT2D eigenvalue weighted by molar-refractivity contribution is 1.11. The molecule has 0 unspecified atom stereocenters. The summed E-state index contributed by atoms with van der Waals surface area (Å²) in [5, 5.41) is 11.8. The first-order valence-corrected chi connectivity index (χ1v) is 3.67. The van der Waals surface area contributed by atoms with Crippen LogP contribution in [0.15, 0.2) is 18.2 Å². The van der Waals surface area contributed by atoms with Crippen molar-refractivity contribution in [2.45, 2.75) is 6.42 Å². The molecule has 0 amide bonds. The van der Waals surface area contributed by atoms with Crippen molar-refractivity contribution in [1.29, 1.82) is 5.26 Å². The summed E-state index contributed by atoms with van der Waals surface area (Å²) in [5.41, 5.74) is 3.19. The third-order valence-corrected chi connectivity index (χ3v) is 1.95. The van der Waals surface area contributed by atoms with Crippen LogP contribution in [0, 0.1) is 11.3 Å². The largest absolute Gasteiger partial charge is 0.384 e. The predicted octanol–water partition coefficient (Wildman–Crippen LogP) is 1.95. The molecular formula is C9H9ClN2. The second-order valence-electron chi connectivity index (χ2n) is 2.66. The van der Waals surface area contributed by atoms with Gasteiger partial charge in [-0.25, -0.2) is 0 Å². The van der Waals surface area contributed by atoms with E-state index in [9.17, 15) is 0 Å². The fraction of sp³-hybridized carbons (Fsp3) is 0.222. The van der Waals surface area contributed by atoms with E-state index in [-0.39, 0.29) is 12.4 Å². The highest BCUT2D eigenvalue weighted by Crippen LogP contribution is 2.22. The molecule has 1 aromatic carbocycles. The van der Waals surface area contributed by atoms with E-state index in [0.29, 0.717) is 0 Å². The molecule has 0 saturated heterocycles. The van der Waals surface area contributed by atoms with Crippen molar-refractivity contribution in [3.63, 3.8) is 0 Å². The summed E-state index contributed by atoms with van der Waals surface area (Å²) in [7, 11) is 0. The summed E-state index contributed by atoms with van der Waals surface area (Å²) < 4.78 is 0. The lowest BCUT2D eigenvalue weighted by Crippen LogP contribution is -1.90. The van der Waals surface area contributed by atoms with Gasteiger partial charge < -0.3 is 5.32 Å². The van der Waals surface area contributed by atoms with Gasteiger partial charge in [-0.1, -0.05) is 6.07 Å². The number of hydrogen-bond donors (Lipinski definition) is 1. The highest BCUT2D eigenvalue weighted by atomic mass is 35.5. The van der Waals surface area contributed by atoms with E-state index >= 15 is 0 Å². The Morgan fingerprint density at radius 2 is 2.25 bits per heavy atom. The molecule has 12 heavy (non-hydrogen) atoms. The third-order valence-electron chi connectivity index (χ3n) is 1.95. The average Bonchev–Trinajstić information content (AvgIpc) is 2.50. The molecule has 0 aliphatic carbocycles. The standard InChI is InChI=1S/C9H8N2.ClH/c10-6-7-1-2-8-3-4-11-9(8)5-7;/h1-2,5,11H,3-4H2;1H. The van der Waals surface area contributed by atoms with Gasteiger partial charge in [0.25, 0.3) is 0 Å². The van der Waals surface area contributed by atoms with Crippen molar-refractivity contribution in [3.8, 4) is 6.07 Å². The van der Waals surface area contributed by atoms with E-state index < -0.39 is 0 Å². The number of benzene rings is 1. The van der Waals surface area contributed by atoms with Gasteiger partial charge in [-0.2, -0.15) is 5.26 Å². The van der Waals surface area contributed by atoms with Gasteiger partial charge in [-0.05, 0) is 24.1 Å². The summed E-state index contributed by atoms with van der Waals surface area (Å²) in [6.07, 6.45) is 1.08. The Morgan fingerprint density at radius 3 is 3.00 bits per heavy atom. The summed E-state index contributed by atoms with van der Waals surface area (Å²) >= 11 is 0. The molecule has 1 aromatic rings. The van der Waals surface area contributed by atoms with E-state index in [0.717, 1.165) is 24.2 Å². The molecule has 0 atom stereocenters. The average molecular weight is 181 g/mol. The molecule has 2 nitrogen and oxygen atoms in total. The van der Waals surface area contributed by atoms with Gasteiger partial charge in [0.05, 0.1) is 11.6 Å². The Hall–Kier alpha value is -1.20. The molecule has 0 bridgehead atoms. The van der Waals surface area contributed by atoms with Crippen molar-refractivity contribution in [2.24, 2.45) is 0 Å². The van der Waals surface area contributed by atoms with Gasteiger partial charge in [0.1, 0.15) is 0 Å². The SMILES string of the molecule is Cl.N#Cc1ccc2c(c1)NCC2. The highest BCUT2D eigenvalue weighted by Gasteiger charge is 2.08. The molecule has 62 valence electrons. The van der Waals surface area contributed by atoms with E-state index in [1.165, 1.54) is 5.56 Å². The summed E-state index contributed by atoms with van der Waals surface area (Å²) in [4.78, 5) is 0. The number of nitrogens with one attached hydrogen (secondary N) is 1. The zero-order valence-corrected chi connectivity index (χ0v) is 7.32. The molecule has 1 heterocycles. The molecule has 0 radical (unpaired) electrons. The monoisotopic (exact) mass is 180 g/mol. The van der Waals surface area contributed by atoms with Crippen LogP contribution in [0.5, 0.6) is 0 Å². The number of halogens is 1. The van der Waals surface area contributed by atoms with Crippen LogP contribution < -0.4 is 5.32 Å². The van der Waals surface area contributed by atoms with Gasteiger partial charge in [0, 0.05) is 12.2 Å². The first-order chi connectivity index (χ1) is 5.40. The fourth-order valence-electron chi connectivity index (χ4n) is 1.36. The molecule has 0 saturated carbocycles. The molecular weight excluding hydrogens is 172 g/mol. The molecule has 0 fully saturated rings. The Balaban J connectivity index is 0.000000720. The molecule has 0 spiro atoms. The molecule has 3 heteroatoms. The van der Waals surface area contributed by atoms with Crippen molar-refractivity contribution in [2.75, 3.05) is 11.9 Å². The smallest absolute Gasteiger partial charge is 0.0992 e. The first kappa shape index (κ1) is 8.89. The molecule has 2 rings (SSSR count). The summed E-state index contributed by atoms with van der Waals surface area (Å²) in [5.74, 6) is 0. The van der Waals surface area contributed by atoms with Crippen LogP contribution in [-0.4, -0.2) is 6.54 Å². The van der Waals surface area contributed by atoms with Gasteiger partial charge in [0.2, 0.25) is 0 Å². The van der Waals surface area contributed by atoms with Gasteiger partial charge in [-0.3, -0.25) is 0 Å². The topological polar surface area (TPSA) is 35.8 Å². The van der Waals surface area contributed by atoms with Crippen LogP contribution in [0.2, 0.25) is 0 Å². The minimum atomic E-state index is 0. The highest BCUT2D eigenvalue weighted by molar-refractivity contribution is 5.85. The fourth-order valence-corrected chi connectivity index (χ4v) is 1.36. The third kappa shape index (κ3) is 1.37. The zero-order chi connectivity index (χ0) is 7.68. The number of rotatable bonds is 0. The van der Waals surface area contributed by atoms with Crippen LogP contribution >= 0.6 is 12.4 Å². The van der Waals surface area contributed by atoms with Crippen LogP contribution in [0.4, 0.5) is 5.69 Å². The Kier molecular flexibility index (Phi) is 2.57. The summed E-state index contributed by atoms with van der Waals surface area (Å²) in [6.45, 7) is 1.00. The Morgan fingerprint density at radius 1 is 1.42 bits per heavy atom. The lowest BCUT2D eigenvalue weighted by Gasteiger charge is -1.97. The van der Waals surface area contributed by atoms with Crippen molar-refractivity contribution in [3.05, 3.63) is 29.3 Å². The van der Waals surface area contributed by atoms with E-state index in [4.69, 9.17) is 5.26 Å². The van der Waals surface area contributed by atoms with Crippen LogP contribution in [0.1, 0.15) is 11.1 Å². The molecule has 1 aliphatic heterocycles. The quantitative estimate of drug-likeness (QED) is 0.663. The molecule has 0 aromatic heterocycles. The number of anilines is 1. The maximum absolute atomic E-state index is 8.59. The van der Waals surface area contributed by atoms with Crippen molar-refractivity contribution >= 4 is 18.1 Å². The van der Waals surface area contributed by atoms with E-state index in [2.05, 4.69) is 11.4 Å². The van der Waals surface area contributed by atoms with Crippen LogP contribution in [0.25, 0.3) is 0 Å². The Labute approximate surface area is 77.6 Å². The number of nitriles is 1.